The van der Waals surface area contributed by atoms with Crippen LogP contribution in [0.2, 0.25) is 0 Å². The van der Waals surface area contributed by atoms with Crippen molar-refractivity contribution in [2.75, 3.05) is 30.0 Å². The molecule has 2 aromatic rings. The first-order valence-electron chi connectivity index (χ1n) is 8.81. The van der Waals surface area contributed by atoms with Gasteiger partial charge in [-0.25, -0.2) is 0 Å². The summed E-state index contributed by atoms with van der Waals surface area (Å²) in [6.45, 7) is 0.571. The van der Waals surface area contributed by atoms with Crippen molar-refractivity contribution in [3.05, 3.63) is 60.2 Å². The van der Waals surface area contributed by atoms with Crippen LogP contribution >= 0.6 is 0 Å². The monoisotopic (exact) mass is 366 g/mol. The number of carbonyl (C=O) groups excluding carboxylic acids is 3. The molecule has 0 spiro atoms. The highest BCUT2D eigenvalue weighted by molar-refractivity contribution is 5.98. The van der Waals surface area contributed by atoms with Crippen LogP contribution in [0.3, 0.4) is 0 Å². The minimum absolute atomic E-state index is 0.103. The summed E-state index contributed by atoms with van der Waals surface area (Å²) >= 11 is 0. The first kappa shape index (κ1) is 18.4. The number of rotatable bonds is 6. The van der Waals surface area contributed by atoms with Crippen LogP contribution < -0.4 is 20.7 Å². The van der Waals surface area contributed by atoms with Gasteiger partial charge in [-0.1, -0.05) is 18.2 Å². The molecule has 0 bridgehead atoms. The molecule has 2 N–H and O–H groups in total. The fourth-order valence-electron chi connectivity index (χ4n) is 2.92. The number of para-hydroxylation sites is 1. The molecule has 7 nitrogen and oxygen atoms in total. The number of hydrogen-bond donors (Lipinski definition) is 2. The Morgan fingerprint density at radius 3 is 2.41 bits per heavy atom. The molecule has 0 radical (unpaired) electrons. The largest absolute Gasteiger partial charge is 0.343 e. The van der Waals surface area contributed by atoms with Gasteiger partial charge >= 0.3 is 0 Å². The standard InChI is InChI=1S/C20H22N4O3/c1-23(16-6-3-2-4-7-16)22-18(25)14-21-20(27)15-9-11-17(12-10-15)24-13-5-8-19(24)26/h2-4,6-7,9-12H,5,8,13-14H2,1H3,(H,21,27)(H,22,25). The van der Waals surface area contributed by atoms with Gasteiger partial charge in [0.15, 0.2) is 0 Å². The van der Waals surface area contributed by atoms with Crippen molar-refractivity contribution >= 4 is 29.1 Å². The maximum absolute atomic E-state index is 12.2. The lowest BCUT2D eigenvalue weighted by atomic mass is 10.2. The summed E-state index contributed by atoms with van der Waals surface area (Å²) in [7, 11) is 1.73. The summed E-state index contributed by atoms with van der Waals surface area (Å²) in [5.74, 6) is -0.563. The van der Waals surface area contributed by atoms with Crippen molar-refractivity contribution in [1.82, 2.24) is 10.7 Å². The Hall–Kier alpha value is -3.35. The first-order chi connectivity index (χ1) is 13.0. The van der Waals surface area contributed by atoms with E-state index in [0.29, 0.717) is 18.5 Å². The lowest BCUT2D eigenvalue weighted by Crippen LogP contribution is -2.45. The van der Waals surface area contributed by atoms with Gasteiger partial charge in [0, 0.05) is 31.3 Å². The highest BCUT2D eigenvalue weighted by Crippen LogP contribution is 2.21. The molecule has 0 aliphatic carbocycles. The zero-order chi connectivity index (χ0) is 19.2. The minimum atomic E-state index is -0.341. The average molecular weight is 366 g/mol. The summed E-state index contributed by atoms with van der Waals surface area (Å²) < 4.78 is 0. The Morgan fingerprint density at radius 1 is 1.07 bits per heavy atom. The van der Waals surface area contributed by atoms with Crippen molar-refractivity contribution in [1.29, 1.82) is 0 Å². The van der Waals surface area contributed by atoms with Crippen LogP contribution in [0, 0.1) is 0 Å². The van der Waals surface area contributed by atoms with Gasteiger partial charge in [0.1, 0.15) is 0 Å². The van der Waals surface area contributed by atoms with Gasteiger partial charge in [-0.3, -0.25) is 24.8 Å². The van der Waals surface area contributed by atoms with Gasteiger partial charge < -0.3 is 10.2 Å². The van der Waals surface area contributed by atoms with E-state index < -0.39 is 0 Å². The SMILES string of the molecule is CN(NC(=O)CNC(=O)c1ccc(N2CCCC2=O)cc1)c1ccccc1. The van der Waals surface area contributed by atoms with E-state index in [9.17, 15) is 14.4 Å². The molecule has 1 heterocycles. The summed E-state index contributed by atoms with van der Waals surface area (Å²) in [6, 6.07) is 16.2. The van der Waals surface area contributed by atoms with Crippen LogP contribution in [0.25, 0.3) is 0 Å². The van der Waals surface area contributed by atoms with Crippen LogP contribution in [0.4, 0.5) is 11.4 Å². The quantitative estimate of drug-likeness (QED) is 0.763. The van der Waals surface area contributed by atoms with Crippen molar-refractivity contribution in [3.8, 4) is 0 Å². The maximum Gasteiger partial charge on any atom is 0.257 e. The third-order valence-corrected chi connectivity index (χ3v) is 4.36. The Labute approximate surface area is 157 Å². The molecule has 0 saturated carbocycles. The molecule has 1 aliphatic heterocycles. The second kappa shape index (κ2) is 8.35. The van der Waals surface area contributed by atoms with Crippen LogP contribution in [-0.4, -0.2) is 37.9 Å². The third-order valence-electron chi connectivity index (χ3n) is 4.36. The lowest BCUT2D eigenvalue weighted by Gasteiger charge is -2.20. The molecular weight excluding hydrogens is 344 g/mol. The zero-order valence-corrected chi connectivity index (χ0v) is 15.1. The fraction of sp³-hybridized carbons (Fsp3) is 0.250. The number of hydrogen-bond acceptors (Lipinski definition) is 4. The van der Waals surface area contributed by atoms with Crippen LogP contribution in [0.1, 0.15) is 23.2 Å². The number of anilines is 2. The Bertz CT molecular complexity index is 821. The molecule has 140 valence electrons. The molecule has 27 heavy (non-hydrogen) atoms. The topological polar surface area (TPSA) is 81.8 Å². The maximum atomic E-state index is 12.2. The Morgan fingerprint density at radius 2 is 1.78 bits per heavy atom. The van der Waals surface area contributed by atoms with E-state index in [1.807, 2.05) is 30.3 Å². The molecule has 1 aliphatic rings. The van der Waals surface area contributed by atoms with E-state index in [1.165, 1.54) is 0 Å². The van der Waals surface area contributed by atoms with Gasteiger partial charge in [0.25, 0.3) is 11.8 Å². The summed E-state index contributed by atoms with van der Waals surface area (Å²) in [5.41, 5.74) is 4.75. The second-order valence-electron chi connectivity index (χ2n) is 6.31. The van der Waals surface area contributed by atoms with E-state index in [4.69, 9.17) is 0 Å². The summed E-state index contributed by atoms with van der Waals surface area (Å²) in [5, 5.41) is 4.19. The predicted molar refractivity (Wildman–Crippen MR) is 103 cm³/mol. The van der Waals surface area contributed by atoms with Crippen molar-refractivity contribution < 1.29 is 14.4 Å². The molecule has 3 rings (SSSR count). The van der Waals surface area contributed by atoms with E-state index in [1.54, 1.807) is 41.2 Å². The summed E-state index contributed by atoms with van der Waals surface area (Å²) in [6.07, 6.45) is 1.42. The molecule has 3 amide bonds. The van der Waals surface area contributed by atoms with Crippen molar-refractivity contribution in [2.45, 2.75) is 12.8 Å². The van der Waals surface area contributed by atoms with Crippen LogP contribution in [0.5, 0.6) is 0 Å². The van der Waals surface area contributed by atoms with Crippen LogP contribution in [0.15, 0.2) is 54.6 Å². The van der Waals surface area contributed by atoms with Gasteiger partial charge in [-0.2, -0.15) is 0 Å². The predicted octanol–water partition coefficient (Wildman–Crippen LogP) is 1.71. The fourth-order valence-corrected chi connectivity index (χ4v) is 2.92. The molecule has 2 aromatic carbocycles. The number of nitrogens with one attached hydrogen (secondary N) is 2. The van der Waals surface area contributed by atoms with E-state index in [0.717, 1.165) is 17.8 Å². The number of nitrogens with zero attached hydrogens (tertiary/aromatic N) is 2. The molecule has 1 fully saturated rings. The third kappa shape index (κ3) is 4.63. The number of hydrazine groups is 1. The van der Waals surface area contributed by atoms with Gasteiger partial charge in [-0.05, 0) is 42.8 Å². The molecule has 0 atom stereocenters. The molecule has 0 unspecified atom stereocenters. The number of amides is 3. The molecular formula is C20H22N4O3. The minimum Gasteiger partial charge on any atom is -0.343 e. The highest BCUT2D eigenvalue weighted by Gasteiger charge is 2.21. The van der Waals surface area contributed by atoms with Gasteiger partial charge in [0.2, 0.25) is 5.91 Å². The van der Waals surface area contributed by atoms with E-state index in [-0.39, 0.29) is 24.3 Å². The molecule has 1 saturated heterocycles. The molecule has 7 heteroatoms. The number of benzene rings is 2. The van der Waals surface area contributed by atoms with Gasteiger partial charge in [-0.15, -0.1) is 0 Å². The Kier molecular flexibility index (Phi) is 5.71. The Balaban J connectivity index is 1.50. The summed E-state index contributed by atoms with van der Waals surface area (Å²) in [4.78, 5) is 37.7. The van der Waals surface area contributed by atoms with Gasteiger partial charge in [0.05, 0.1) is 12.2 Å². The van der Waals surface area contributed by atoms with Crippen LogP contribution in [-0.2, 0) is 9.59 Å². The normalized spacial score (nSPS) is 13.4. The zero-order valence-electron chi connectivity index (χ0n) is 15.1. The van der Waals surface area contributed by atoms with Crippen molar-refractivity contribution in [3.63, 3.8) is 0 Å². The highest BCUT2D eigenvalue weighted by atomic mass is 16.2. The number of carbonyl (C=O) groups is 3. The lowest BCUT2D eigenvalue weighted by molar-refractivity contribution is -0.120. The second-order valence-corrected chi connectivity index (χ2v) is 6.31. The van der Waals surface area contributed by atoms with E-state index >= 15 is 0 Å². The van der Waals surface area contributed by atoms with E-state index in [2.05, 4.69) is 10.7 Å². The molecule has 0 aromatic heterocycles. The van der Waals surface area contributed by atoms with Crippen molar-refractivity contribution in [2.24, 2.45) is 0 Å². The average Bonchev–Trinajstić information content (AvgIpc) is 3.13. The first-order valence-corrected chi connectivity index (χ1v) is 8.81. The smallest absolute Gasteiger partial charge is 0.257 e.